The zero-order valence-electron chi connectivity index (χ0n) is 20.6. The Bertz CT molecular complexity index is 1200. The summed E-state index contributed by atoms with van der Waals surface area (Å²) in [5.41, 5.74) is 4.77. The van der Waals surface area contributed by atoms with Crippen LogP contribution in [0.15, 0.2) is 42.6 Å². The van der Waals surface area contributed by atoms with Crippen LogP contribution < -0.4 is 5.32 Å². The van der Waals surface area contributed by atoms with Crippen LogP contribution in [0.25, 0.3) is 0 Å². The minimum Gasteiger partial charge on any atom is -0.355 e. The van der Waals surface area contributed by atoms with Crippen LogP contribution in [0.5, 0.6) is 0 Å². The van der Waals surface area contributed by atoms with Gasteiger partial charge >= 0.3 is 0 Å². The second-order valence-electron chi connectivity index (χ2n) is 9.45. The average molecular weight is 478 g/mol. The van der Waals surface area contributed by atoms with Crippen LogP contribution in [0.2, 0.25) is 0 Å². The van der Waals surface area contributed by atoms with Gasteiger partial charge in [0.25, 0.3) is 5.91 Å². The summed E-state index contributed by atoms with van der Waals surface area (Å²) in [7, 11) is 1.70. The van der Waals surface area contributed by atoms with Crippen LogP contribution in [-0.2, 0) is 7.05 Å². The van der Waals surface area contributed by atoms with Crippen LogP contribution in [-0.4, -0.2) is 63.1 Å². The van der Waals surface area contributed by atoms with E-state index in [1.807, 2.05) is 17.0 Å². The van der Waals surface area contributed by atoms with Gasteiger partial charge in [-0.2, -0.15) is 9.90 Å². The summed E-state index contributed by atoms with van der Waals surface area (Å²) in [6.07, 6.45) is 2.83. The molecule has 0 saturated carbocycles. The minimum absolute atomic E-state index is 0.00894. The molecule has 0 spiro atoms. The van der Waals surface area contributed by atoms with Crippen molar-refractivity contribution < 1.29 is 9.18 Å². The Morgan fingerprint density at radius 2 is 2.00 bits per heavy atom. The Kier molecular flexibility index (Phi) is 7.25. The number of carbonyl (C=O) groups excluding carboxylic acids is 1. The summed E-state index contributed by atoms with van der Waals surface area (Å²) >= 11 is 0. The molecule has 2 heterocycles. The fourth-order valence-electron chi connectivity index (χ4n) is 4.61. The largest absolute Gasteiger partial charge is 0.355 e. The van der Waals surface area contributed by atoms with Gasteiger partial charge in [0.05, 0.1) is 12.2 Å². The lowest BCUT2D eigenvalue weighted by molar-refractivity contribution is 0.0439. The van der Waals surface area contributed by atoms with Gasteiger partial charge in [-0.15, -0.1) is 5.10 Å². The van der Waals surface area contributed by atoms with Crippen molar-refractivity contribution in [2.24, 2.45) is 13.0 Å². The first kappa shape index (κ1) is 24.5. The van der Waals surface area contributed by atoms with Crippen molar-refractivity contribution >= 4 is 23.5 Å². The van der Waals surface area contributed by atoms with E-state index in [-0.39, 0.29) is 17.8 Å². The first-order valence-corrected chi connectivity index (χ1v) is 11.8. The maximum absolute atomic E-state index is 13.3. The number of halogens is 1. The number of anilines is 2. The third-order valence-electron chi connectivity index (χ3n) is 6.27. The van der Waals surface area contributed by atoms with Crippen LogP contribution >= 0.6 is 0 Å². The highest BCUT2D eigenvalue weighted by Gasteiger charge is 2.33. The van der Waals surface area contributed by atoms with Gasteiger partial charge in [0.1, 0.15) is 5.82 Å². The molecule has 8 nitrogen and oxygen atoms in total. The molecule has 184 valence electrons. The topological polar surface area (TPSA) is 90.1 Å². The molecule has 35 heavy (non-hydrogen) atoms. The van der Waals surface area contributed by atoms with Gasteiger partial charge in [0.15, 0.2) is 5.69 Å². The van der Waals surface area contributed by atoms with E-state index in [2.05, 4.69) is 41.2 Å². The normalized spacial score (nSPS) is 16.5. The van der Waals surface area contributed by atoms with E-state index in [0.29, 0.717) is 24.7 Å². The molecule has 1 aliphatic heterocycles. The number of carbonyl (C=O) groups is 1. The predicted octanol–water partition coefficient (Wildman–Crippen LogP) is 4.16. The van der Waals surface area contributed by atoms with Gasteiger partial charge in [-0.05, 0) is 60.4 Å². The molecule has 1 amide bonds. The number of aryl methyl sites for hydroxylation is 2. The van der Waals surface area contributed by atoms with Crippen LogP contribution in [0.3, 0.4) is 0 Å². The predicted molar refractivity (Wildman–Crippen MR) is 135 cm³/mol. The van der Waals surface area contributed by atoms with Crippen molar-refractivity contribution in [1.29, 1.82) is 5.41 Å². The molecule has 9 heteroatoms. The molecular weight excluding hydrogens is 445 g/mol. The summed E-state index contributed by atoms with van der Waals surface area (Å²) in [5, 5.41) is 19.6. The van der Waals surface area contributed by atoms with E-state index in [1.165, 1.54) is 29.3 Å². The molecule has 0 aliphatic carbocycles. The molecular formula is C26H32FN7O. The van der Waals surface area contributed by atoms with Gasteiger partial charge in [-0.3, -0.25) is 9.69 Å². The number of aromatic nitrogens is 3. The molecule has 2 N–H and O–H groups in total. The lowest BCUT2D eigenvalue weighted by atomic mass is 9.93. The smallest absolute Gasteiger partial charge is 0.276 e. The van der Waals surface area contributed by atoms with Gasteiger partial charge < -0.3 is 15.6 Å². The fourth-order valence-corrected chi connectivity index (χ4v) is 4.61. The molecule has 1 fully saturated rings. The molecule has 1 aromatic heterocycles. The quantitative estimate of drug-likeness (QED) is 0.499. The highest BCUT2D eigenvalue weighted by molar-refractivity contribution is 5.92. The Hall–Kier alpha value is -3.59. The van der Waals surface area contributed by atoms with E-state index in [4.69, 9.17) is 5.41 Å². The summed E-state index contributed by atoms with van der Waals surface area (Å²) in [4.78, 5) is 18.8. The number of amides is 1. The number of piperazine rings is 1. The van der Waals surface area contributed by atoms with Gasteiger partial charge in [-0.1, -0.05) is 13.8 Å². The SMILES string of the molecule is Cc1cc(Nc2ccc(F)cc2)c(C=N)cc1C1CN(C(=O)c2cnn(C)n2)CCN1CC(C)C. The van der Waals surface area contributed by atoms with Crippen molar-refractivity contribution in [1.82, 2.24) is 24.8 Å². The highest BCUT2D eigenvalue weighted by atomic mass is 19.1. The number of hydrogen-bond donors (Lipinski definition) is 2. The molecule has 3 aromatic rings. The van der Waals surface area contributed by atoms with Crippen LogP contribution in [0.4, 0.5) is 15.8 Å². The summed E-state index contributed by atoms with van der Waals surface area (Å²) in [5.74, 6) is 0.0611. The molecule has 2 aromatic carbocycles. The van der Waals surface area contributed by atoms with Crippen LogP contribution in [0.1, 0.15) is 47.1 Å². The Morgan fingerprint density at radius 3 is 2.63 bits per heavy atom. The second kappa shape index (κ2) is 10.4. The molecule has 1 atom stereocenters. The van der Waals surface area contributed by atoms with Gasteiger partial charge in [-0.25, -0.2) is 4.39 Å². The summed E-state index contributed by atoms with van der Waals surface area (Å²) in [6, 6.07) is 10.2. The van der Waals surface area contributed by atoms with Crippen molar-refractivity contribution in [3.63, 3.8) is 0 Å². The molecule has 0 radical (unpaired) electrons. The molecule has 0 bridgehead atoms. The molecule has 1 aliphatic rings. The molecule has 1 unspecified atom stereocenters. The lowest BCUT2D eigenvalue weighted by Gasteiger charge is -2.43. The summed E-state index contributed by atoms with van der Waals surface area (Å²) in [6.45, 7) is 9.26. The van der Waals surface area contributed by atoms with Crippen molar-refractivity contribution in [2.75, 3.05) is 31.5 Å². The first-order chi connectivity index (χ1) is 16.7. The summed E-state index contributed by atoms with van der Waals surface area (Å²) < 4.78 is 13.3. The Labute approximate surface area is 205 Å². The van der Waals surface area contributed by atoms with Gasteiger partial charge in [0.2, 0.25) is 0 Å². The van der Waals surface area contributed by atoms with E-state index >= 15 is 0 Å². The van der Waals surface area contributed by atoms with Crippen molar-refractivity contribution in [3.05, 3.63) is 70.8 Å². The maximum Gasteiger partial charge on any atom is 0.276 e. The number of benzene rings is 2. The second-order valence-corrected chi connectivity index (χ2v) is 9.45. The standard InChI is InChI=1S/C26H32FN7O/c1-17(2)15-33-9-10-34(26(35)24-14-29-32(4)31-24)16-25(33)22-12-19(13-28)23(11-18(22)3)30-21-7-5-20(27)6-8-21/h5-8,11-14,17,25,28,30H,9-10,15-16H2,1-4H3. The van der Waals surface area contributed by atoms with E-state index in [9.17, 15) is 9.18 Å². The van der Waals surface area contributed by atoms with Crippen molar-refractivity contribution in [2.45, 2.75) is 26.8 Å². The van der Waals surface area contributed by atoms with Crippen molar-refractivity contribution in [3.8, 4) is 0 Å². The van der Waals surface area contributed by atoms with Crippen LogP contribution in [0, 0.1) is 24.1 Å². The lowest BCUT2D eigenvalue weighted by Crippen LogP contribution is -2.51. The van der Waals surface area contributed by atoms with E-state index < -0.39 is 0 Å². The molecule has 4 rings (SSSR count). The van der Waals surface area contributed by atoms with E-state index in [1.54, 1.807) is 19.2 Å². The fraction of sp³-hybridized carbons (Fsp3) is 0.385. The number of hydrogen-bond acceptors (Lipinski definition) is 6. The average Bonchev–Trinajstić information content (AvgIpc) is 3.26. The Morgan fingerprint density at radius 1 is 1.26 bits per heavy atom. The zero-order valence-corrected chi connectivity index (χ0v) is 20.6. The van der Waals surface area contributed by atoms with E-state index in [0.717, 1.165) is 41.2 Å². The Balaban J connectivity index is 1.65. The number of nitrogens with one attached hydrogen (secondary N) is 2. The highest BCUT2D eigenvalue weighted by Crippen LogP contribution is 2.33. The monoisotopic (exact) mass is 477 g/mol. The van der Waals surface area contributed by atoms with Gasteiger partial charge in [0, 0.05) is 56.4 Å². The first-order valence-electron chi connectivity index (χ1n) is 11.8. The number of rotatable bonds is 7. The third kappa shape index (κ3) is 5.57. The third-order valence-corrected chi connectivity index (χ3v) is 6.27. The minimum atomic E-state index is -0.294. The zero-order chi connectivity index (χ0) is 25.1. The number of nitrogens with zero attached hydrogens (tertiary/aromatic N) is 5. The molecule has 1 saturated heterocycles. The maximum atomic E-state index is 13.3.